The summed E-state index contributed by atoms with van der Waals surface area (Å²) in [6, 6.07) is 22.4. The maximum Gasteiger partial charge on any atom is 0.240 e. The van der Waals surface area contributed by atoms with Gasteiger partial charge in [-0.1, -0.05) is 93.0 Å². The van der Waals surface area contributed by atoms with E-state index in [0.717, 1.165) is 23.1 Å². The van der Waals surface area contributed by atoms with Crippen molar-refractivity contribution in [3.63, 3.8) is 0 Å². The minimum Gasteiger partial charge on any atom is -0.394 e. The van der Waals surface area contributed by atoms with Gasteiger partial charge in [0.05, 0.1) is 19.3 Å². The Morgan fingerprint density at radius 1 is 1.06 bits per heavy atom. The van der Waals surface area contributed by atoms with Crippen LogP contribution in [-0.4, -0.2) is 82.5 Å². The average Bonchev–Trinajstić information content (AvgIpc) is 3.48. The van der Waals surface area contributed by atoms with Crippen LogP contribution in [0, 0.1) is 34.9 Å². The molecule has 4 aliphatic rings. The monoisotopic (exact) mass is 734 g/mol. The number of carbonyl (C=O) groups is 1. The van der Waals surface area contributed by atoms with Gasteiger partial charge in [0, 0.05) is 48.2 Å². The van der Waals surface area contributed by atoms with E-state index in [4.69, 9.17) is 16.4 Å². The van der Waals surface area contributed by atoms with E-state index in [1.807, 2.05) is 44.4 Å². The molecule has 52 heavy (non-hydrogen) atoms. The molecule has 1 aliphatic heterocycles. The van der Waals surface area contributed by atoms with Gasteiger partial charge in [0.1, 0.15) is 18.0 Å². The molecule has 0 spiro atoms. The van der Waals surface area contributed by atoms with E-state index in [-0.39, 0.29) is 37.0 Å². The molecule has 0 aromatic heterocycles. The van der Waals surface area contributed by atoms with Gasteiger partial charge in [-0.25, -0.2) is 4.39 Å². The summed E-state index contributed by atoms with van der Waals surface area (Å²) in [5.41, 5.74) is 3.79. The van der Waals surface area contributed by atoms with Crippen LogP contribution in [0.1, 0.15) is 68.8 Å². The third kappa shape index (κ3) is 8.11. The zero-order valence-electron chi connectivity index (χ0n) is 31.4. The third-order valence-corrected chi connectivity index (χ3v) is 12.7. The number of likely N-dealkylation sites (N-methyl/N-ethyl adjacent to an activating group) is 1. The number of nitrogens with one attached hydrogen (secondary N) is 1. The van der Waals surface area contributed by atoms with Crippen molar-refractivity contribution in [2.45, 2.75) is 90.5 Å². The molecule has 2 bridgehead atoms. The van der Waals surface area contributed by atoms with Gasteiger partial charge in [0.15, 0.2) is 0 Å². The fourth-order valence-corrected chi connectivity index (χ4v) is 9.56. The van der Waals surface area contributed by atoms with Crippen LogP contribution in [0.25, 0.3) is 0 Å². The highest BCUT2D eigenvalue weighted by atomic mass is 35.5. The Kier molecular flexibility index (Phi) is 12.1. The van der Waals surface area contributed by atoms with E-state index in [1.165, 1.54) is 12.5 Å². The number of hydrogen-bond acceptors (Lipinski definition) is 7. The van der Waals surface area contributed by atoms with Crippen LogP contribution in [-0.2, 0) is 29.3 Å². The fraction of sp³-hybridized carbons (Fsp3) is 0.548. The summed E-state index contributed by atoms with van der Waals surface area (Å²) in [6.45, 7) is 10.1. The maximum atomic E-state index is 15.2. The van der Waals surface area contributed by atoms with Crippen LogP contribution in [0.15, 0.2) is 72.8 Å². The molecule has 3 aromatic carbocycles. The van der Waals surface area contributed by atoms with E-state index in [2.05, 4.69) is 60.2 Å². The third-order valence-electron chi connectivity index (χ3n) is 12.4. The molecule has 8 nitrogen and oxygen atoms in total. The molecule has 0 radical (unpaired) electrons. The zero-order valence-corrected chi connectivity index (χ0v) is 32.1. The molecule has 10 heteroatoms. The van der Waals surface area contributed by atoms with Crippen LogP contribution in [0.4, 0.5) is 4.39 Å². The van der Waals surface area contributed by atoms with Gasteiger partial charge in [-0.15, -0.1) is 0 Å². The predicted molar refractivity (Wildman–Crippen MR) is 202 cm³/mol. The number of carbonyl (C=O) groups excluding carboxylic acids is 1. The van der Waals surface area contributed by atoms with Crippen molar-refractivity contribution in [3.05, 3.63) is 106 Å². The van der Waals surface area contributed by atoms with Gasteiger partial charge in [0.25, 0.3) is 0 Å². The second-order valence-corrected chi connectivity index (χ2v) is 16.8. The van der Waals surface area contributed by atoms with Gasteiger partial charge in [-0.2, -0.15) is 5.06 Å². The number of hydrogen-bond donors (Lipinski definition) is 3. The van der Waals surface area contributed by atoms with Crippen LogP contribution in [0.3, 0.4) is 0 Å². The summed E-state index contributed by atoms with van der Waals surface area (Å²) in [5.74, 6) is 0.398. The van der Waals surface area contributed by atoms with Crippen LogP contribution >= 0.6 is 11.6 Å². The van der Waals surface area contributed by atoms with Gasteiger partial charge >= 0.3 is 0 Å². The summed E-state index contributed by atoms with van der Waals surface area (Å²) < 4.78 is 15.2. The Hall–Kier alpha value is -2.89. The number of amides is 1. The molecule has 1 amide bonds. The molecule has 4 fully saturated rings. The summed E-state index contributed by atoms with van der Waals surface area (Å²) in [5, 5.41) is 26.6. The van der Waals surface area contributed by atoms with Crippen molar-refractivity contribution in [2.75, 3.05) is 27.2 Å². The number of nitrogens with zero attached hydrogens (tertiary/aromatic N) is 3. The van der Waals surface area contributed by atoms with Gasteiger partial charge in [0.2, 0.25) is 5.91 Å². The van der Waals surface area contributed by atoms with Crippen LogP contribution in [0.5, 0.6) is 0 Å². The zero-order chi connectivity index (χ0) is 37.3. The molecule has 1 heterocycles. The molecule has 9 atom stereocenters. The molecule has 7 rings (SSSR count). The summed E-state index contributed by atoms with van der Waals surface area (Å²) >= 11 is 6.58. The highest BCUT2D eigenvalue weighted by Crippen LogP contribution is 2.61. The lowest BCUT2D eigenvalue weighted by molar-refractivity contribution is -0.183. The van der Waals surface area contributed by atoms with Crippen molar-refractivity contribution in [1.29, 1.82) is 0 Å². The molecule has 282 valence electrons. The first-order valence-corrected chi connectivity index (χ1v) is 19.1. The highest BCUT2D eigenvalue weighted by molar-refractivity contribution is 6.31. The lowest BCUT2D eigenvalue weighted by Crippen LogP contribution is -2.62. The van der Waals surface area contributed by atoms with E-state index in [9.17, 15) is 15.0 Å². The van der Waals surface area contributed by atoms with Gasteiger partial charge in [-0.3, -0.25) is 14.5 Å². The quantitative estimate of drug-likeness (QED) is 0.176. The minimum absolute atomic E-state index is 0.0611. The number of halogens is 2. The number of aliphatic hydroxyl groups excluding tert-OH is 2. The Labute approximate surface area is 313 Å². The van der Waals surface area contributed by atoms with E-state index < -0.39 is 24.2 Å². The second-order valence-electron chi connectivity index (χ2n) is 16.3. The normalized spacial score (nSPS) is 28.1. The van der Waals surface area contributed by atoms with Gasteiger partial charge < -0.3 is 20.4 Å². The number of rotatable bonds is 14. The van der Waals surface area contributed by atoms with E-state index in [1.54, 1.807) is 24.1 Å². The molecule has 0 unspecified atom stereocenters. The van der Waals surface area contributed by atoms with E-state index in [0.29, 0.717) is 53.4 Å². The standard InChI is InChI=1S/C42H56ClFN4O4/c1-26-33-19-31(42(33,3)4)20-36(26)45-41(51)40-39(27(2)50)38(25-49)52-48(40)22-29-13-10-12-28(18-29)21-47(23-32-34(43)16-11-17-35(32)44)37(24-46(5)6)30-14-8-7-9-15-30/h7-18,26-27,31,33,36-40,49-50H,19-25H2,1-6H3,(H,45,51)/t26-,27-,31+,33-,36-,37+,38-,39+,40-/m0/s1. The number of benzene rings is 3. The maximum absolute atomic E-state index is 15.2. The summed E-state index contributed by atoms with van der Waals surface area (Å²) in [6.07, 6.45) is 0.575. The van der Waals surface area contributed by atoms with Crippen molar-refractivity contribution < 1.29 is 24.2 Å². The Bertz CT molecular complexity index is 1650. The van der Waals surface area contributed by atoms with E-state index >= 15 is 4.39 Å². The average molecular weight is 735 g/mol. The highest BCUT2D eigenvalue weighted by Gasteiger charge is 2.57. The fourth-order valence-electron chi connectivity index (χ4n) is 9.34. The van der Waals surface area contributed by atoms with Crippen LogP contribution < -0.4 is 5.32 Å². The molecule has 3 aromatic rings. The Morgan fingerprint density at radius 2 is 1.77 bits per heavy atom. The molecular weight excluding hydrogens is 679 g/mol. The largest absolute Gasteiger partial charge is 0.394 e. The topological polar surface area (TPSA) is 88.5 Å². The number of hydroxylamine groups is 2. The van der Waals surface area contributed by atoms with Crippen molar-refractivity contribution >= 4 is 17.5 Å². The minimum atomic E-state index is -0.870. The van der Waals surface area contributed by atoms with Gasteiger partial charge in [-0.05, 0) is 85.9 Å². The number of fused-ring (bicyclic) bond motifs is 2. The Morgan fingerprint density at radius 3 is 2.40 bits per heavy atom. The van der Waals surface area contributed by atoms with Crippen molar-refractivity contribution in [2.24, 2.45) is 29.1 Å². The second kappa shape index (κ2) is 16.2. The summed E-state index contributed by atoms with van der Waals surface area (Å²) in [4.78, 5) is 24.8. The molecule has 3 N–H and O–H groups in total. The van der Waals surface area contributed by atoms with Crippen molar-refractivity contribution in [1.82, 2.24) is 20.2 Å². The molecule has 1 saturated heterocycles. The number of aliphatic hydroxyl groups is 2. The first-order valence-electron chi connectivity index (χ1n) is 18.8. The first-order chi connectivity index (χ1) is 24.8. The molecule has 3 saturated carbocycles. The first kappa shape index (κ1) is 38.8. The summed E-state index contributed by atoms with van der Waals surface area (Å²) in [7, 11) is 4.07. The lowest BCUT2D eigenvalue weighted by Gasteiger charge is -2.62. The SMILES string of the molecule is C[C@@H]1[C@@H](NC(=O)[C@@H]2[C@H]([C@H](C)O)[C@H](CO)ON2Cc2cccc(CN(Cc3c(F)cccc3Cl)[C@H](CN(C)C)c3ccccc3)c2)C[C@H]2C[C@@H]1C2(C)C. The van der Waals surface area contributed by atoms with Crippen LogP contribution in [0.2, 0.25) is 5.02 Å². The van der Waals surface area contributed by atoms with Crippen molar-refractivity contribution in [3.8, 4) is 0 Å². The molecular formula is C42H56ClFN4O4. The Balaban J connectivity index is 1.26. The lowest BCUT2D eigenvalue weighted by atomic mass is 9.45. The predicted octanol–water partition coefficient (Wildman–Crippen LogP) is 6.44. The molecule has 3 aliphatic carbocycles. The smallest absolute Gasteiger partial charge is 0.240 e.